The van der Waals surface area contributed by atoms with E-state index in [2.05, 4.69) is 15.6 Å². The zero-order valence-electron chi connectivity index (χ0n) is 7.08. The van der Waals surface area contributed by atoms with E-state index in [0.717, 1.165) is 19.4 Å². The topological polar surface area (TPSA) is 87.7 Å². The number of amides is 1. The third-order valence-corrected chi connectivity index (χ3v) is 1.75. The van der Waals surface area contributed by atoms with Crippen LogP contribution in [0.1, 0.15) is 12.8 Å². The fourth-order valence-electron chi connectivity index (χ4n) is 1.15. The predicted octanol–water partition coefficient (Wildman–Crippen LogP) is -1.13. The smallest absolute Gasteiger partial charge is 0.332 e. The number of aliphatic carboxylic acids is 1. The van der Waals surface area contributed by atoms with E-state index in [0.29, 0.717) is 0 Å². The van der Waals surface area contributed by atoms with Crippen molar-refractivity contribution in [2.45, 2.75) is 18.9 Å². The molecule has 0 aliphatic carbocycles. The largest absolute Gasteiger partial charge is 0.479 e. The molecule has 13 heavy (non-hydrogen) atoms. The molecule has 0 aromatic heterocycles. The molecule has 0 aromatic rings. The maximum absolute atomic E-state index is 11.1. The first-order valence-corrected chi connectivity index (χ1v) is 4.07. The molecule has 6 heteroatoms. The molecule has 74 valence electrons. The van der Waals surface area contributed by atoms with E-state index in [1.54, 1.807) is 0 Å². The van der Waals surface area contributed by atoms with Crippen LogP contribution in [0, 0.1) is 0 Å². The molecular formula is C7H12N2O4. The molecule has 1 saturated heterocycles. The summed E-state index contributed by atoms with van der Waals surface area (Å²) in [4.78, 5) is 25.6. The molecule has 0 bridgehead atoms. The van der Waals surface area contributed by atoms with Gasteiger partial charge >= 0.3 is 5.97 Å². The molecular weight excluding hydrogens is 176 g/mol. The van der Waals surface area contributed by atoms with Crippen molar-refractivity contribution in [3.05, 3.63) is 0 Å². The summed E-state index contributed by atoms with van der Waals surface area (Å²) in [6.45, 7) is 0.301. The maximum atomic E-state index is 11.1. The minimum atomic E-state index is -1.11. The zero-order chi connectivity index (χ0) is 9.68. The normalized spacial score (nSPS) is 21.4. The average Bonchev–Trinajstić information content (AvgIpc) is 2.55. The molecule has 6 nitrogen and oxygen atoms in total. The molecule has 1 fully saturated rings. The van der Waals surface area contributed by atoms with Gasteiger partial charge in [0.2, 0.25) is 0 Å². The monoisotopic (exact) mass is 188 g/mol. The molecule has 1 aliphatic rings. The van der Waals surface area contributed by atoms with E-state index in [1.165, 1.54) is 0 Å². The van der Waals surface area contributed by atoms with Gasteiger partial charge in [-0.3, -0.25) is 9.63 Å². The minimum absolute atomic E-state index is 0.242. The maximum Gasteiger partial charge on any atom is 0.332 e. The summed E-state index contributed by atoms with van der Waals surface area (Å²) in [5.41, 5.74) is 2.07. The van der Waals surface area contributed by atoms with Crippen LogP contribution >= 0.6 is 0 Å². The van der Waals surface area contributed by atoms with Crippen molar-refractivity contribution in [2.24, 2.45) is 0 Å². The Morgan fingerprint density at radius 1 is 1.62 bits per heavy atom. The van der Waals surface area contributed by atoms with Crippen LogP contribution in [-0.2, 0) is 14.4 Å². The first-order valence-electron chi connectivity index (χ1n) is 4.07. The Balaban J connectivity index is 2.13. The summed E-state index contributed by atoms with van der Waals surface area (Å²) in [5.74, 6) is -1.42. The van der Waals surface area contributed by atoms with Gasteiger partial charge in [-0.05, 0) is 19.4 Å². The first kappa shape index (κ1) is 9.94. The molecule has 0 saturated carbocycles. The lowest BCUT2D eigenvalue weighted by Gasteiger charge is -2.09. The lowest BCUT2D eigenvalue weighted by Crippen LogP contribution is -2.41. The summed E-state index contributed by atoms with van der Waals surface area (Å²) in [7, 11) is 0. The van der Waals surface area contributed by atoms with Gasteiger partial charge in [0.1, 0.15) is 0 Å². The van der Waals surface area contributed by atoms with Crippen molar-refractivity contribution in [1.29, 1.82) is 0 Å². The highest BCUT2D eigenvalue weighted by atomic mass is 16.7. The van der Waals surface area contributed by atoms with Crippen molar-refractivity contribution in [1.82, 2.24) is 10.8 Å². The number of carboxylic acids is 1. The van der Waals surface area contributed by atoms with Crippen molar-refractivity contribution in [3.8, 4) is 0 Å². The molecule has 1 rings (SSSR count). The second-order valence-electron chi connectivity index (χ2n) is 2.80. The Labute approximate surface area is 75.2 Å². The second-order valence-corrected chi connectivity index (χ2v) is 2.80. The lowest BCUT2D eigenvalue weighted by molar-refractivity contribution is -0.149. The van der Waals surface area contributed by atoms with Crippen molar-refractivity contribution >= 4 is 11.9 Å². The Morgan fingerprint density at radius 2 is 2.38 bits per heavy atom. The molecule has 1 atom stereocenters. The quantitative estimate of drug-likeness (QED) is 0.486. The Morgan fingerprint density at radius 3 is 2.92 bits per heavy atom. The van der Waals surface area contributed by atoms with Gasteiger partial charge in [0.25, 0.3) is 5.91 Å². The van der Waals surface area contributed by atoms with Gasteiger partial charge in [-0.15, -0.1) is 0 Å². The average molecular weight is 188 g/mol. The van der Waals surface area contributed by atoms with E-state index < -0.39 is 12.6 Å². The highest BCUT2D eigenvalue weighted by Gasteiger charge is 2.21. The van der Waals surface area contributed by atoms with Gasteiger partial charge in [0.15, 0.2) is 6.61 Å². The SMILES string of the molecule is O=C(O)CONC(=O)[C@@H]1CCCN1. The van der Waals surface area contributed by atoms with Crippen molar-refractivity contribution in [2.75, 3.05) is 13.2 Å². The van der Waals surface area contributed by atoms with E-state index in [-0.39, 0.29) is 11.9 Å². The fourth-order valence-corrected chi connectivity index (χ4v) is 1.15. The van der Waals surface area contributed by atoms with Crippen LogP contribution < -0.4 is 10.8 Å². The number of hydrogen-bond acceptors (Lipinski definition) is 4. The highest BCUT2D eigenvalue weighted by Crippen LogP contribution is 2.03. The molecule has 1 aliphatic heterocycles. The van der Waals surface area contributed by atoms with Crippen LogP contribution in [0.4, 0.5) is 0 Å². The Kier molecular flexibility index (Phi) is 3.66. The third kappa shape index (κ3) is 3.39. The summed E-state index contributed by atoms with van der Waals surface area (Å²) in [5, 5.41) is 11.2. The molecule has 1 amide bonds. The van der Waals surface area contributed by atoms with Crippen LogP contribution in [0.15, 0.2) is 0 Å². The van der Waals surface area contributed by atoms with Gasteiger partial charge in [0.05, 0.1) is 6.04 Å². The number of nitrogens with one attached hydrogen (secondary N) is 2. The van der Waals surface area contributed by atoms with Gasteiger partial charge in [-0.25, -0.2) is 10.3 Å². The summed E-state index contributed by atoms with van der Waals surface area (Å²) >= 11 is 0. The van der Waals surface area contributed by atoms with Gasteiger partial charge in [-0.1, -0.05) is 0 Å². The van der Waals surface area contributed by atoms with Gasteiger partial charge in [-0.2, -0.15) is 0 Å². The number of hydrogen-bond donors (Lipinski definition) is 3. The van der Waals surface area contributed by atoms with Crippen LogP contribution in [-0.4, -0.2) is 36.2 Å². The van der Waals surface area contributed by atoms with Crippen LogP contribution in [0.2, 0.25) is 0 Å². The molecule has 0 unspecified atom stereocenters. The van der Waals surface area contributed by atoms with Crippen LogP contribution in [0.5, 0.6) is 0 Å². The predicted molar refractivity (Wildman–Crippen MR) is 42.8 cm³/mol. The number of hydroxylamine groups is 1. The van der Waals surface area contributed by atoms with Crippen LogP contribution in [0.25, 0.3) is 0 Å². The second kappa shape index (κ2) is 4.78. The molecule has 0 radical (unpaired) electrons. The molecule has 0 spiro atoms. The number of carbonyl (C=O) groups excluding carboxylic acids is 1. The van der Waals surface area contributed by atoms with Crippen molar-refractivity contribution < 1.29 is 19.5 Å². The summed E-state index contributed by atoms with van der Waals surface area (Å²) in [6.07, 6.45) is 1.72. The molecule has 3 N–H and O–H groups in total. The van der Waals surface area contributed by atoms with Gasteiger partial charge in [0, 0.05) is 0 Å². The number of carbonyl (C=O) groups is 2. The van der Waals surface area contributed by atoms with Gasteiger partial charge < -0.3 is 10.4 Å². The standard InChI is InChI=1S/C7H12N2O4/c10-6(11)4-13-9-7(12)5-2-1-3-8-5/h5,8H,1-4H2,(H,9,12)(H,10,11)/t5-/m0/s1. The lowest BCUT2D eigenvalue weighted by atomic mass is 10.2. The summed E-state index contributed by atoms with van der Waals surface area (Å²) in [6, 6.07) is -0.242. The fraction of sp³-hybridized carbons (Fsp3) is 0.714. The Hall–Kier alpha value is -1.14. The number of rotatable bonds is 4. The van der Waals surface area contributed by atoms with Crippen LogP contribution in [0.3, 0.4) is 0 Å². The molecule has 1 heterocycles. The Bertz CT molecular complexity index is 201. The highest BCUT2D eigenvalue weighted by molar-refractivity contribution is 5.81. The summed E-state index contributed by atoms with van der Waals surface area (Å²) < 4.78 is 0. The minimum Gasteiger partial charge on any atom is -0.479 e. The number of carboxylic acid groups (broad SMARTS) is 1. The first-order chi connectivity index (χ1) is 6.20. The van der Waals surface area contributed by atoms with E-state index in [9.17, 15) is 9.59 Å². The third-order valence-electron chi connectivity index (χ3n) is 1.75. The van der Waals surface area contributed by atoms with E-state index >= 15 is 0 Å². The van der Waals surface area contributed by atoms with E-state index in [4.69, 9.17) is 5.11 Å². The molecule has 0 aromatic carbocycles. The zero-order valence-corrected chi connectivity index (χ0v) is 7.08. The van der Waals surface area contributed by atoms with E-state index in [1.807, 2.05) is 0 Å². The van der Waals surface area contributed by atoms with Crippen molar-refractivity contribution in [3.63, 3.8) is 0 Å².